The predicted molar refractivity (Wildman–Crippen MR) is 315 cm³/mol. The summed E-state index contributed by atoms with van der Waals surface area (Å²) in [4.78, 5) is 35.4. The van der Waals surface area contributed by atoms with Crippen molar-refractivity contribution in [1.29, 1.82) is 0 Å². The largest absolute Gasteiger partial charge is 0.476 e. The molecular formula is C54H70Cl2F2N10O8S4. The summed E-state index contributed by atoms with van der Waals surface area (Å²) >= 11 is 6.10. The second kappa shape index (κ2) is 25.7. The number of hydrogen-bond donors (Lipinski definition) is 3. The number of sulfonamides is 2. The molecule has 0 radical (unpaired) electrons. The SMILES string of the molecule is CC1(COc2ccn(-c3ccc(C(=O)NS(=O)(=O)c4ccccc4F)c(Cl)n3)n2)CC1.C[C@@H]1CN(c2nc(-n3ccc(OCC4(C)CC4)n3)ccc2C(=O)NS(=O)(=O)c2ccccc2F)C(C)(C)C1.C[C@@H]1CNC(C)(C)C1.Cl.S.S. The summed E-state index contributed by atoms with van der Waals surface area (Å²) < 4.78 is 96.6. The van der Waals surface area contributed by atoms with Crippen LogP contribution in [0.15, 0.2) is 107 Å². The number of carbonyl (C=O) groups is 2. The van der Waals surface area contributed by atoms with Crippen LogP contribution < -0.4 is 29.1 Å². The van der Waals surface area contributed by atoms with E-state index in [0.29, 0.717) is 60.4 Å². The van der Waals surface area contributed by atoms with Crippen LogP contribution in [0.5, 0.6) is 11.8 Å². The number of carbonyl (C=O) groups excluding carboxylic acids is 2. The molecule has 26 heteroatoms. The second-order valence-corrected chi connectivity index (χ2v) is 26.1. The first kappa shape index (κ1) is 65.3. The van der Waals surface area contributed by atoms with Gasteiger partial charge in [-0.3, -0.25) is 9.59 Å². The Balaban J connectivity index is 0.000000253. The molecule has 2 atom stereocenters. The van der Waals surface area contributed by atoms with Crippen molar-refractivity contribution in [3.8, 4) is 23.4 Å². The first-order valence-corrected chi connectivity index (χ1v) is 28.7. The first-order valence-electron chi connectivity index (χ1n) is 25.4. The predicted octanol–water partition coefficient (Wildman–Crippen LogP) is 9.73. The third-order valence-electron chi connectivity index (χ3n) is 13.9. The molecule has 6 heterocycles. The maximum atomic E-state index is 14.2. The molecule has 2 aliphatic carbocycles. The molecule has 6 aromatic rings. The van der Waals surface area contributed by atoms with E-state index in [1.807, 2.05) is 9.62 Å². The first-order chi connectivity index (χ1) is 36.1. The molecule has 4 fully saturated rings. The molecule has 4 aliphatic rings. The summed E-state index contributed by atoms with van der Waals surface area (Å²) in [6.07, 6.45) is 10.1. The molecule has 18 nitrogen and oxygen atoms in total. The Bertz CT molecular complexity index is 3400. The van der Waals surface area contributed by atoms with E-state index < -0.39 is 53.3 Å². The number of halogens is 4. The second-order valence-electron chi connectivity index (χ2n) is 22.5. The lowest BCUT2D eigenvalue weighted by Crippen LogP contribution is -2.41. The van der Waals surface area contributed by atoms with E-state index in [4.69, 9.17) is 26.1 Å². The van der Waals surface area contributed by atoms with Gasteiger partial charge in [-0.25, -0.2) is 54.4 Å². The van der Waals surface area contributed by atoms with Crippen LogP contribution in [0.3, 0.4) is 0 Å². The summed E-state index contributed by atoms with van der Waals surface area (Å²) in [7, 11) is -8.87. The highest BCUT2D eigenvalue weighted by Gasteiger charge is 2.41. The van der Waals surface area contributed by atoms with Crippen LogP contribution in [0, 0.1) is 34.3 Å². The lowest BCUT2D eigenvalue weighted by atomic mass is 9.97. The third-order valence-corrected chi connectivity index (χ3v) is 17.0. The molecule has 2 aromatic carbocycles. The van der Waals surface area contributed by atoms with Crippen LogP contribution in [0.4, 0.5) is 14.6 Å². The number of rotatable bonds is 15. The third kappa shape index (κ3) is 16.4. The summed E-state index contributed by atoms with van der Waals surface area (Å²) in [6, 6.07) is 19.0. The van der Waals surface area contributed by atoms with Gasteiger partial charge in [0.15, 0.2) is 11.6 Å². The monoisotopic (exact) mass is 1220 g/mol. The van der Waals surface area contributed by atoms with Crippen molar-refractivity contribution < 1.29 is 44.7 Å². The molecule has 436 valence electrons. The van der Waals surface area contributed by atoms with Crippen LogP contribution in [-0.4, -0.2) is 95.6 Å². The number of pyridine rings is 2. The van der Waals surface area contributed by atoms with Gasteiger partial charge in [-0.15, -0.1) is 22.6 Å². The van der Waals surface area contributed by atoms with E-state index in [2.05, 4.69) is 75.9 Å². The fourth-order valence-electron chi connectivity index (χ4n) is 9.12. The molecule has 2 aliphatic heterocycles. The minimum atomic E-state index is -4.45. The van der Waals surface area contributed by atoms with Crippen LogP contribution >= 0.6 is 51.0 Å². The van der Waals surface area contributed by atoms with Crippen molar-refractivity contribution in [2.24, 2.45) is 22.7 Å². The minimum absolute atomic E-state index is 0. The van der Waals surface area contributed by atoms with Gasteiger partial charge < -0.3 is 19.7 Å². The summed E-state index contributed by atoms with van der Waals surface area (Å²) in [5, 5.41) is 12.0. The highest BCUT2D eigenvalue weighted by Crippen LogP contribution is 2.46. The van der Waals surface area contributed by atoms with Gasteiger partial charge in [-0.2, -0.15) is 27.0 Å². The van der Waals surface area contributed by atoms with Crippen LogP contribution in [-0.2, 0) is 20.0 Å². The van der Waals surface area contributed by atoms with Gasteiger partial charge in [0.05, 0.1) is 24.3 Å². The van der Waals surface area contributed by atoms with Gasteiger partial charge in [0.2, 0.25) is 11.8 Å². The number of benzene rings is 2. The highest BCUT2D eigenvalue weighted by atomic mass is 35.5. The number of hydrogen-bond acceptors (Lipinski definition) is 14. The fourth-order valence-corrected chi connectivity index (χ4v) is 11.4. The number of amides is 2. The van der Waals surface area contributed by atoms with Crippen molar-refractivity contribution in [3.63, 3.8) is 0 Å². The average molecular weight is 1220 g/mol. The van der Waals surface area contributed by atoms with Crippen molar-refractivity contribution in [3.05, 3.63) is 125 Å². The van der Waals surface area contributed by atoms with E-state index >= 15 is 0 Å². The van der Waals surface area contributed by atoms with Gasteiger partial charge in [-0.05, 0) is 133 Å². The average Bonchev–Trinajstić information content (AvgIpc) is 3.95. The molecule has 2 amide bonds. The van der Waals surface area contributed by atoms with Gasteiger partial charge in [-0.1, -0.05) is 63.6 Å². The molecule has 10 rings (SSSR count). The van der Waals surface area contributed by atoms with Gasteiger partial charge in [0.1, 0.15) is 32.4 Å². The Morgan fingerprint density at radius 2 is 1.11 bits per heavy atom. The normalized spacial score (nSPS) is 18.7. The maximum Gasteiger partial charge on any atom is 0.268 e. The number of ether oxygens (including phenoxy) is 2. The van der Waals surface area contributed by atoms with Crippen LogP contribution in [0.2, 0.25) is 5.15 Å². The standard InChI is InChI=1S/C27H32FN5O4S.C20H18ClFN4O4S.C7H15N.ClH.2H2S/c1-18-15-26(2,3)32(16-18)24-19(25(34)31-38(35,36)21-8-6-5-7-20(21)28)9-10-22(29-24)33-14-11-23(30-33)37-17-27(4)12-13-27;1-20(9-10-20)12-30-17-8-11-26(24-17)16-7-6-13(18(21)23-16)19(27)25-31(28,29)15-5-3-2-4-14(15)22;1-6-4-7(2,3)8-5-6;;;/h5-11,14,18H,12-13,15-17H2,1-4H3,(H,31,34);2-8,11H,9-10,12H2,1H3,(H,25,27);6,8H,4-5H2,1-3H3;1H;2*1H2/t18-;;6-;;;/m0.0.../s1. The van der Waals surface area contributed by atoms with Crippen LogP contribution in [0.1, 0.15) is 115 Å². The molecule has 0 bridgehead atoms. The molecule has 3 N–H and O–H groups in total. The smallest absolute Gasteiger partial charge is 0.268 e. The Kier molecular flexibility index (Phi) is 21.0. The molecule has 0 unspecified atom stereocenters. The van der Waals surface area contributed by atoms with E-state index in [-0.39, 0.29) is 72.0 Å². The quantitative estimate of drug-likeness (QED) is 0.0815. The van der Waals surface area contributed by atoms with Gasteiger partial charge in [0, 0.05) is 53.0 Å². The zero-order valence-electron chi connectivity index (χ0n) is 45.7. The Hall–Kier alpha value is -5.50. The molecule has 2 saturated heterocycles. The molecule has 0 spiro atoms. The van der Waals surface area contributed by atoms with E-state index in [1.54, 1.807) is 40.0 Å². The summed E-state index contributed by atoms with van der Waals surface area (Å²) in [5.74, 6) is -0.610. The Labute approximate surface area is 492 Å². The van der Waals surface area contributed by atoms with Crippen molar-refractivity contribution >= 4 is 88.7 Å². The highest BCUT2D eigenvalue weighted by molar-refractivity contribution is 7.90. The van der Waals surface area contributed by atoms with Crippen LogP contribution in [0.25, 0.3) is 11.6 Å². The lowest BCUT2D eigenvalue weighted by Gasteiger charge is -2.34. The maximum absolute atomic E-state index is 14.2. The number of anilines is 1. The Morgan fingerprint density at radius 1 is 0.662 bits per heavy atom. The van der Waals surface area contributed by atoms with Crippen molar-refractivity contribution in [1.82, 2.24) is 44.3 Å². The number of nitrogens with zero attached hydrogens (tertiary/aromatic N) is 7. The summed E-state index contributed by atoms with van der Waals surface area (Å²) in [5.41, 5.74) is 0.396. The lowest BCUT2D eigenvalue weighted by molar-refractivity contribution is 0.0972. The zero-order valence-corrected chi connectivity index (χ0v) is 50.9. The van der Waals surface area contributed by atoms with Crippen molar-refractivity contribution in [2.45, 2.75) is 115 Å². The molecule has 4 aromatic heterocycles. The van der Waals surface area contributed by atoms with Gasteiger partial charge in [0.25, 0.3) is 31.9 Å². The minimum Gasteiger partial charge on any atom is -0.476 e. The van der Waals surface area contributed by atoms with E-state index in [1.165, 1.54) is 60.1 Å². The zero-order chi connectivity index (χ0) is 55.7. The number of nitrogens with one attached hydrogen (secondary N) is 3. The molecular weight excluding hydrogens is 1150 g/mol. The fraction of sp³-hybridized carbons (Fsp3) is 0.444. The topological polar surface area (TPSA) is 222 Å². The summed E-state index contributed by atoms with van der Waals surface area (Å²) in [6.45, 7) is 20.4. The molecule has 2 saturated carbocycles. The van der Waals surface area contributed by atoms with E-state index in [0.717, 1.165) is 62.3 Å². The Morgan fingerprint density at radius 3 is 1.50 bits per heavy atom. The molecule has 80 heavy (non-hydrogen) atoms. The van der Waals surface area contributed by atoms with Crippen molar-refractivity contribution in [2.75, 3.05) is 31.2 Å². The number of aromatic nitrogens is 6. The van der Waals surface area contributed by atoms with Gasteiger partial charge >= 0.3 is 0 Å². The van der Waals surface area contributed by atoms with E-state index in [9.17, 15) is 35.2 Å².